The molecule has 1 saturated heterocycles. The maximum Gasteiger partial charge on any atom is 0.315 e. The first-order valence-electron chi connectivity index (χ1n) is 17.0. The number of sulfonamides is 1. The number of amides is 5. The molecule has 2 saturated carbocycles. The number of rotatable bonds is 14. The van der Waals surface area contributed by atoms with Gasteiger partial charge in [-0.2, -0.15) is 0 Å². The summed E-state index contributed by atoms with van der Waals surface area (Å²) in [5, 5.41) is 9.18. The summed E-state index contributed by atoms with van der Waals surface area (Å²) in [7, 11) is -0.818. The van der Waals surface area contributed by atoms with E-state index < -0.39 is 74.1 Å². The maximum absolute atomic E-state index is 14.5. The molecule has 3 aliphatic rings. The van der Waals surface area contributed by atoms with E-state index in [1.54, 1.807) is 47.1 Å². The van der Waals surface area contributed by atoms with Crippen LogP contribution in [0.5, 0.6) is 11.6 Å². The van der Waals surface area contributed by atoms with Gasteiger partial charge in [-0.25, -0.2) is 18.2 Å². The average Bonchev–Trinajstić information content (AvgIpc) is 3.99. The van der Waals surface area contributed by atoms with Gasteiger partial charge in [0.15, 0.2) is 0 Å². The molecule has 2 heterocycles. The minimum Gasteiger partial charge on any atom is -0.497 e. The SMILES string of the molecule is C=C[C@@H]1C[C@]1(NC(=O)[C@@H]1C[C@@H](Oc2nccc3cc(OC)ccc23)CN1C(=O)C(NC(=O)N[C@@H](C)COC)C(C)(C)C)C(=O)NS(=O)(=O)C1CC1. The summed E-state index contributed by atoms with van der Waals surface area (Å²) < 4.78 is 44.3. The molecule has 3 fully saturated rings. The molecule has 16 heteroatoms. The molecule has 0 radical (unpaired) electrons. The lowest BCUT2D eigenvalue weighted by Crippen LogP contribution is -2.61. The van der Waals surface area contributed by atoms with Gasteiger partial charge in [0.1, 0.15) is 29.5 Å². The highest BCUT2D eigenvalue weighted by Crippen LogP contribution is 2.45. The summed E-state index contributed by atoms with van der Waals surface area (Å²) in [4.78, 5) is 60.9. The van der Waals surface area contributed by atoms with Crippen LogP contribution in [0.15, 0.2) is 43.1 Å². The van der Waals surface area contributed by atoms with E-state index in [0.717, 1.165) is 5.39 Å². The first-order chi connectivity index (χ1) is 24.0. The maximum atomic E-state index is 14.5. The summed E-state index contributed by atoms with van der Waals surface area (Å²) in [6.45, 7) is 11.1. The molecule has 0 spiro atoms. The van der Waals surface area contributed by atoms with Crippen LogP contribution in [0.2, 0.25) is 0 Å². The van der Waals surface area contributed by atoms with Gasteiger partial charge in [-0.15, -0.1) is 6.58 Å². The Morgan fingerprint density at radius 1 is 1.14 bits per heavy atom. The van der Waals surface area contributed by atoms with Gasteiger partial charge < -0.3 is 35.1 Å². The number of nitrogens with zero attached hydrogens (tertiary/aromatic N) is 2. The molecule has 5 rings (SSSR count). The van der Waals surface area contributed by atoms with E-state index in [1.807, 2.05) is 18.2 Å². The van der Waals surface area contributed by atoms with Gasteiger partial charge >= 0.3 is 6.03 Å². The predicted molar refractivity (Wildman–Crippen MR) is 188 cm³/mol. The van der Waals surface area contributed by atoms with E-state index in [9.17, 15) is 27.6 Å². The fourth-order valence-electron chi connectivity index (χ4n) is 6.40. The fraction of sp³-hybridized carbons (Fsp3) is 0.571. The third-order valence-corrected chi connectivity index (χ3v) is 11.3. The monoisotopic (exact) mass is 728 g/mol. The van der Waals surface area contributed by atoms with Crippen LogP contribution in [-0.4, -0.2) is 104 Å². The third-order valence-electron chi connectivity index (χ3n) is 9.49. The van der Waals surface area contributed by atoms with Crippen LogP contribution in [0.1, 0.15) is 53.4 Å². The quantitative estimate of drug-likeness (QED) is 0.209. The highest BCUT2D eigenvalue weighted by molar-refractivity contribution is 7.91. The van der Waals surface area contributed by atoms with Crippen molar-refractivity contribution in [2.45, 2.75) is 88.4 Å². The topological polar surface area (TPSA) is 194 Å². The number of pyridine rings is 1. The predicted octanol–water partition coefficient (Wildman–Crippen LogP) is 2.01. The van der Waals surface area contributed by atoms with Gasteiger partial charge in [-0.1, -0.05) is 26.8 Å². The van der Waals surface area contributed by atoms with Crippen molar-refractivity contribution in [1.29, 1.82) is 0 Å². The van der Waals surface area contributed by atoms with Crippen LogP contribution < -0.4 is 30.1 Å². The van der Waals surface area contributed by atoms with Crippen LogP contribution in [0.3, 0.4) is 0 Å². The molecule has 278 valence electrons. The van der Waals surface area contributed by atoms with Crippen molar-refractivity contribution in [3.05, 3.63) is 43.1 Å². The number of aromatic nitrogens is 1. The largest absolute Gasteiger partial charge is 0.497 e. The molecule has 1 aromatic carbocycles. The minimum absolute atomic E-state index is 0.0244. The number of carbonyl (C=O) groups excluding carboxylic acids is 4. The molecule has 1 aromatic heterocycles. The molecule has 1 unspecified atom stereocenters. The third kappa shape index (κ3) is 8.38. The standard InChI is InChI=1S/C35H48N6O9S/c1-8-22-17-35(22,32(44)40-51(46,47)25-10-11-25)39-29(42)27-16-24(50-30-26-12-9-23(49-7)15-21(26)13-14-36-30)18-41(27)31(43)28(34(3,4)5)38-33(45)37-20(2)19-48-6/h8-9,12-15,20,22,24-25,27-28H,1,10-11,16-19H2,2-7H3,(H,39,42)(H,40,44)(H2,37,38,45)/t20-,22+,24+,27-,28?,35+/m0/s1. The molecule has 4 N–H and O–H groups in total. The zero-order valence-electron chi connectivity index (χ0n) is 29.9. The molecule has 2 aliphatic carbocycles. The van der Waals surface area contributed by atoms with Crippen LogP contribution >= 0.6 is 0 Å². The smallest absolute Gasteiger partial charge is 0.315 e. The molecule has 51 heavy (non-hydrogen) atoms. The second-order valence-corrected chi connectivity index (χ2v) is 16.6. The number of methoxy groups -OCH3 is 2. The van der Waals surface area contributed by atoms with E-state index in [0.29, 0.717) is 29.9 Å². The van der Waals surface area contributed by atoms with Crippen molar-refractivity contribution in [1.82, 2.24) is 30.6 Å². The number of carbonyl (C=O) groups is 4. The van der Waals surface area contributed by atoms with Crippen molar-refractivity contribution in [3.8, 4) is 11.6 Å². The van der Waals surface area contributed by atoms with Crippen LogP contribution in [0, 0.1) is 11.3 Å². The second-order valence-electron chi connectivity index (χ2n) is 14.6. The Kier molecular flexibility index (Phi) is 10.9. The second kappa shape index (κ2) is 14.7. The Labute approximate surface area is 298 Å². The van der Waals surface area contributed by atoms with Gasteiger partial charge in [0, 0.05) is 31.0 Å². The van der Waals surface area contributed by atoms with E-state index >= 15 is 0 Å². The molecule has 2 aromatic rings. The Balaban J connectivity index is 1.43. The van der Waals surface area contributed by atoms with Gasteiger partial charge in [0.05, 0.1) is 31.6 Å². The molecular formula is C35H48N6O9S. The molecule has 1 aliphatic heterocycles. The van der Waals surface area contributed by atoms with E-state index in [4.69, 9.17) is 14.2 Å². The van der Waals surface area contributed by atoms with E-state index in [-0.39, 0.29) is 32.0 Å². The zero-order valence-corrected chi connectivity index (χ0v) is 30.7. The molecule has 6 atom stereocenters. The summed E-state index contributed by atoms with van der Waals surface area (Å²) in [6.07, 6.45) is 3.45. The van der Waals surface area contributed by atoms with Crippen molar-refractivity contribution < 1.29 is 41.8 Å². The number of hydrogen-bond acceptors (Lipinski definition) is 10. The lowest BCUT2D eigenvalue weighted by molar-refractivity contribution is -0.142. The van der Waals surface area contributed by atoms with Crippen molar-refractivity contribution in [3.63, 3.8) is 0 Å². The van der Waals surface area contributed by atoms with Crippen molar-refractivity contribution in [2.24, 2.45) is 11.3 Å². The van der Waals surface area contributed by atoms with E-state index in [2.05, 4.69) is 32.2 Å². The number of ether oxygens (including phenoxy) is 3. The number of benzene rings is 1. The van der Waals surface area contributed by atoms with Gasteiger partial charge in [-0.05, 0) is 61.3 Å². The van der Waals surface area contributed by atoms with Crippen molar-refractivity contribution in [2.75, 3.05) is 27.4 Å². The highest BCUT2D eigenvalue weighted by atomic mass is 32.2. The Morgan fingerprint density at radius 2 is 1.86 bits per heavy atom. The molecule has 5 amide bonds. The summed E-state index contributed by atoms with van der Waals surface area (Å²) in [6, 6.07) is 4.07. The zero-order chi connectivity index (χ0) is 37.3. The molecular weight excluding hydrogens is 680 g/mol. The molecule has 15 nitrogen and oxygen atoms in total. The Bertz CT molecular complexity index is 1790. The van der Waals surface area contributed by atoms with Crippen molar-refractivity contribution >= 4 is 44.5 Å². The number of nitrogens with one attached hydrogen (secondary N) is 4. The normalized spacial score (nSPS) is 24.2. The van der Waals surface area contributed by atoms with Crippen LogP contribution in [0.4, 0.5) is 4.79 Å². The van der Waals surface area contributed by atoms with Gasteiger partial charge in [0.2, 0.25) is 27.7 Å². The fourth-order valence-corrected chi connectivity index (χ4v) is 7.77. The number of fused-ring (bicyclic) bond motifs is 1. The summed E-state index contributed by atoms with van der Waals surface area (Å²) >= 11 is 0. The summed E-state index contributed by atoms with van der Waals surface area (Å²) in [5.41, 5.74) is -2.35. The summed E-state index contributed by atoms with van der Waals surface area (Å²) in [5.74, 6) is -1.63. The number of hydrogen-bond donors (Lipinski definition) is 4. The molecule has 0 bridgehead atoms. The highest BCUT2D eigenvalue weighted by Gasteiger charge is 2.62. The lowest BCUT2D eigenvalue weighted by atomic mass is 9.85. The first kappa shape index (κ1) is 37.8. The number of likely N-dealkylation sites (tertiary alicyclic amines) is 1. The van der Waals surface area contributed by atoms with E-state index in [1.165, 1.54) is 18.1 Å². The van der Waals surface area contributed by atoms with Crippen LogP contribution in [-0.2, 0) is 29.1 Å². The Morgan fingerprint density at radius 3 is 2.47 bits per heavy atom. The number of urea groups is 1. The average molecular weight is 729 g/mol. The van der Waals surface area contributed by atoms with Gasteiger partial charge in [-0.3, -0.25) is 19.1 Å². The Hall–Kier alpha value is -4.44. The lowest BCUT2D eigenvalue weighted by Gasteiger charge is -2.35. The minimum atomic E-state index is -3.90. The first-order valence-corrected chi connectivity index (χ1v) is 18.5. The van der Waals surface area contributed by atoms with Gasteiger partial charge in [0.25, 0.3) is 5.91 Å². The van der Waals surface area contributed by atoms with Crippen LogP contribution in [0.25, 0.3) is 10.8 Å².